The number of quaternary nitrogens is 1. The summed E-state index contributed by atoms with van der Waals surface area (Å²) in [5, 5.41) is 8.99. The van der Waals surface area contributed by atoms with Crippen LogP contribution in [0.1, 0.15) is 20.3 Å². The van der Waals surface area contributed by atoms with E-state index in [9.17, 15) is 4.79 Å². The second-order valence-electron chi connectivity index (χ2n) is 4.28. The fraction of sp³-hybridized carbons (Fsp3) is 0.889. The first-order valence-electron chi connectivity index (χ1n) is 4.34. The minimum absolute atomic E-state index is 0.225. The molecular weight excluding hydrogens is 154 g/mol. The van der Waals surface area contributed by atoms with Crippen molar-refractivity contribution in [2.24, 2.45) is 5.92 Å². The van der Waals surface area contributed by atoms with Gasteiger partial charge in [0.05, 0.1) is 21.1 Å². The molecule has 0 spiro atoms. The fourth-order valence-corrected chi connectivity index (χ4v) is 1.56. The molecule has 0 amide bonds. The Hall–Kier alpha value is -0.570. The highest BCUT2D eigenvalue weighted by molar-refractivity contribution is 5.72. The van der Waals surface area contributed by atoms with E-state index in [1.807, 2.05) is 35.0 Å². The van der Waals surface area contributed by atoms with E-state index in [2.05, 4.69) is 0 Å². The van der Waals surface area contributed by atoms with Gasteiger partial charge in [0.2, 0.25) is 0 Å². The van der Waals surface area contributed by atoms with E-state index in [0.717, 1.165) is 6.42 Å². The summed E-state index contributed by atoms with van der Waals surface area (Å²) in [6.07, 6.45) is 0.909. The van der Waals surface area contributed by atoms with Crippen LogP contribution in [0.5, 0.6) is 0 Å². The highest BCUT2D eigenvalue weighted by Crippen LogP contribution is 2.16. The Morgan fingerprint density at radius 3 is 1.92 bits per heavy atom. The molecule has 0 radical (unpaired) electrons. The monoisotopic (exact) mass is 174 g/mol. The number of carboxylic acids is 1. The van der Waals surface area contributed by atoms with Crippen molar-refractivity contribution in [3.8, 4) is 0 Å². The maximum atomic E-state index is 10.9. The van der Waals surface area contributed by atoms with Crippen LogP contribution in [0, 0.1) is 5.92 Å². The van der Waals surface area contributed by atoms with Crippen molar-refractivity contribution in [2.75, 3.05) is 21.1 Å². The Morgan fingerprint density at radius 2 is 1.83 bits per heavy atom. The van der Waals surface area contributed by atoms with Gasteiger partial charge in [-0.05, 0) is 6.42 Å². The second kappa shape index (κ2) is 3.90. The van der Waals surface area contributed by atoms with E-state index in [0.29, 0.717) is 4.48 Å². The van der Waals surface area contributed by atoms with Crippen LogP contribution in [-0.2, 0) is 4.79 Å². The number of nitrogens with zero attached hydrogens (tertiary/aromatic N) is 1. The van der Waals surface area contributed by atoms with Gasteiger partial charge in [0.15, 0.2) is 6.04 Å². The zero-order chi connectivity index (χ0) is 9.94. The molecule has 1 unspecified atom stereocenters. The zero-order valence-electron chi connectivity index (χ0n) is 8.66. The van der Waals surface area contributed by atoms with Gasteiger partial charge >= 0.3 is 5.97 Å². The largest absolute Gasteiger partial charge is 0.477 e. The van der Waals surface area contributed by atoms with Crippen molar-refractivity contribution >= 4 is 5.97 Å². The van der Waals surface area contributed by atoms with Crippen LogP contribution in [-0.4, -0.2) is 42.7 Å². The van der Waals surface area contributed by atoms with Gasteiger partial charge in [-0.25, -0.2) is 4.79 Å². The van der Waals surface area contributed by atoms with Crippen LogP contribution in [0.4, 0.5) is 0 Å². The molecule has 1 N–H and O–H groups in total. The summed E-state index contributed by atoms with van der Waals surface area (Å²) in [5.41, 5.74) is 0. The highest BCUT2D eigenvalue weighted by Gasteiger charge is 2.35. The van der Waals surface area contributed by atoms with Crippen LogP contribution in [0.2, 0.25) is 0 Å². The molecule has 0 aliphatic heterocycles. The lowest BCUT2D eigenvalue weighted by molar-refractivity contribution is -0.891. The lowest BCUT2D eigenvalue weighted by Crippen LogP contribution is -2.53. The van der Waals surface area contributed by atoms with Gasteiger partial charge in [-0.2, -0.15) is 0 Å². The number of carbonyl (C=O) groups is 1. The van der Waals surface area contributed by atoms with E-state index < -0.39 is 5.97 Å². The number of carboxylic acid groups (broad SMARTS) is 1. The first-order valence-corrected chi connectivity index (χ1v) is 4.34. The SMILES string of the molecule is CCC(C)[C@@H](C(=O)O)[N+](C)(C)C. The van der Waals surface area contributed by atoms with E-state index in [-0.39, 0.29) is 12.0 Å². The average Bonchev–Trinajstić information content (AvgIpc) is 1.83. The molecule has 0 aromatic carbocycles. The fourth-order valence-electron chi connectivity index (χ4n) is 1.56. The summed E-state index contributed by atoms with van der Waals surface area (Å²) >= 11 is 0. The minimum atomic E-state index is -0.697. The average molecular weight is 174 g/mol. The smallest absolute Gasteiger partial charge is 0.362 e. The predicted molar refractivity (Wildman–Crippen MR) is 48.9 cm³/mol. The number of hydrogen-bond acceptors (Lipinski definition) is 1. The Bertz CT molecular complexity index is 160. The Morgan fingerprint density at radius 1 is 1.42 bits per heavy atom. The van der Waals surface area contributed by atoms with Crippen LogP contribution in [0.25, 0.3) is 0 Å². The summed E-state index contributed by atoms with van der Waals surface area (Å²) in [4.78, 5) is 10.9. The molecule has 2 atom stereocenters. The van der Waals surface area contributed by atoms with Gasteiger partial charge in [0.1, 0.15) is 0 Å². The Kier molecular flexibility index (Phi) is 3.71. The third kappa shape index (κ3) is 2.81. The number of hydrogen-bond donors (Lipinski definition) is 1. The van der Waals surface area contributed by atoms with Crippen molar-refractivity contribution in [3.63, 3.8) is 0 Å². The third-order valence-electron chi connectivity index (χ3n) is 2.27. The quantitative estimate of drug-likeness (QED) is 0.650. The van der Waals surface area contributed by atoms with Gasteiger partial charge in [-0.1, -0.05) is 13.8 Å². The molecule has 0 saturated carbocycles. The first kappa shape index (κ1) is 11.4. The van der Waals surface area contributed by atoms with Gasteiger partial charge in [-0.3, -0.25) is 0 Å². The zero-order valence-corrected chi connectivity index (χ0v) is 8.66. The topological polar surface area (TPSA) is 37.3 Å². The molecule has 0 saturated heterocycles. The highest BCUT2D eigenvalue weighted by atomic mass is 16.4. The minimum Gasteiger partial charge on any atom is -0.477 e. The molecule has 3 nitrogen and oxygen atoms in total. The second-order valence-corrected chi connectivity index (χ2v) is 4.28. The number of rotatable bonds is 4. The van der Waals surface area contributed by atoms with Crippen molar-refractivity contribution in [2.45, 2.75) is 26.3 Å². The summed E-state index contributed by atoms with van der Waals surface area (Å²) < 4.78 is 0.490. The molecule has 0 rings (SSSR count). The van der Waals surface area contributed by atoms with Crippen LogP contribution >= 0.6 is 0 Å². The Labute approximate surface area is 74.6 Å². The molecule has 0 fully saturated rings. The van der Waals surface area contributed by atoms with Gasteiger partial charge in [0.25, 0.3) is 0 Å². The number of aliphatic carboxylic acids is 1. The summed E-state index contributed by atoms with van der Waals surface area (Å²) in [5.74, 6) is -0.473. The molecule has 0 aliphatic rings. The molecule has 0 aromatic heterocycles. The molecule has 0 aliphatic carbocycles. The van der Waals surface area contributed by atoms with Crippen LogP contribution < -0.4 is 0 Å². The van der Waals surface area contributed by atoms with Gasteiger partial charge in [0, 0.05) is 5.92 Å². The number of likely N-dealkylation sites (N-methyl/N-ethyl adjacent to an activating group) is 1. The molecule has 12 heavy (non-hydrogen) atoms. The maximum Gasteiger partial charge on any atom is 0.362 e. The first-order chi connectivity index (χ1) is 5.30. The standard InChI is InChI=1S/C9H19NO2/c1-6-7(2)8(9(11)12)10(3,4)5/h7-8H,6H2,1-5H3/p+1/t7?,8-/m0/s1. The van der Waals surface area contributed by atoms with E-state index in [1.54, 1.807) is 0 Å². The maximum absolute atomic E-state index is 10.9. The normalized spacial score (nSPS) is 17.1. The van der Waals surface area contributed by atoms with Gasteiger partial charge < -0.3 is 9.59 Å². The molecule has 0 heterocycles. The summed E-state index contributed by atoms with van der Waals surface area (Å²) in [6, 6.07) is -0.296. The molecule has 0 aromatic rings. The van der Waals surface area contributed by atoms with Crippen molar-refractivity contribution in [1.82, 2.24) is 0 Å². The summed E-state index contributed by atoms with van der Waals surface area (Å²) in [6.45, 7) is 4.01. The van der Waals surface area contributed by atoms with E-state index in [4.69, 9.17) is 5.11 Å². The van der Waals surface area contributed by atoms with E-state index in [1.165, 1.54) is 0 Å². The van der Waals surface area contributed by atoms with Crippen molar-refractivity contribution in [1.29, 1.82) is 0 Å². The van der Waals surface area contributed by atoms with Crippen molar-refractivity contribution < 1.29 is 14.4 Å². The Balaban J connectivity index is 4.56. The molecule has 0 bridgehead atoms. The molecule has 72 valence electrons. The third-order valence-corrected chi connectivity index (χ3v) is 2.27. The lowest BCUT2D eigenvalue weighted by Gasteiger charge is -2.34. The molecular formula is C9H20NO2+. The van der Waals surface area contributed by atoms with Crippen molar-refractivity contribution in [3.05, 3.63) is 0 Å². The summed E-state index contributed by atoms with van der Waals surface area (Å²) in [7, 11) is 5.76. The van der Waals surface area contributed by atoms with E-state index >= 15 is 0 Å². The van der Waals surface area contributed by atoms with Crippen LogP contribution in [0.15, 0.2) is 0 Å². The lowest BCUT2D eigenvalue weighted by atomic mass is 9.97. The van der Waals surface area contributed by atoms with Crippen LogP contribution in [0.3, 0.4) is 0 Å². The molecule has 3 heteroatoms. The predicted octanol–water partition coefficient (Wildman–Crippen LogP) is 1.19. The van der Waals surface area contributed by atoms with Gasteiger partial charge in [-0.15, -0.1) is 0 Å².